The number of hydrogen-bond acceptors (Lipinski definition) is 5. The SMILES string of the molecule is C[n+]1noc([O-])c1CN(C(=O)N1c2ccccc2Sc2ccccc21)C1CC1. The molecule has 1 aromatic heterocycles. The number of anilines is 2. The number of aryl methyl sites for hydroxylation is 1. The van der Waals surface area contributed by atoms with Crippen LogP contribution in [0.1, 0.15) is 18.5 Å². The summed E-state index contributed by atoms with van der Waals surface area (Å²) < 4.78 is 6.14. The largest absolute Gasteiger partial charge is 0.539 e. The van der Waals surface area contributed by atoms with Crippen LogP contribution in [0.2, 0.25) is 0 Å². The Morgan fingerprint density at radius 1 is 1.21 bits per heavy atom. The lowest BCUT2D eigenvalue weighted by Gasteiger charge is -2.35. The monoisotopic (exact) mass is 394 g/mol. The molecule has 1 aliphatic heterocycles. The van der Waals surface area contributed by atoms with E-state index in [0.717, 1.165) is 34.0 Å². The molecule has 1 saturated carbocycles. The third-order valence-electron chi connectivity index (χ3n) is 5.05. The molecule has 3 aromatic rings. The van der Waals surface area contributed by atoms with Crippen LogP contribution in [0, 0.1) is 0 Å². The van der Waals surface area contributed by atoms with Crippen molar-refractivity contribution in [3.63, 3.8) is 0 Å². The van der Waals surface area contributed by atoms with E-state index in [1.807, 2.05) is 48.5 Å². The van der Waals surface area contributed by atoms with Gasteiger partial charge in [-0.05, 0) is 37.1 Å². The summed E-state index contributed by atoms with van der Waals surface area (Å²) in [6, 6.07) is 15.8. The number of carbonyl (C=O) groups excluding carboxylic acids is 1. The third-order valence-corrected chi connectivity index (χ3v) is 6.18. The standard InChI is InChI=1S/C20H18N4O3S/c1-22-16(19(25)27-21-22)12-23(13-10-11-13)20(26)24-14-6-2-4-8-17(14)28-18-9-5-3-7-15(18)24/h2-9,13H,10-12H2,1H3. The zero-order valence-electron chi connectivity index (χ0n) is 15.2. The van der Waals surface area contributed by atoms with Gasteiger partial charge in [0.15, 0.2) is 13.0 Å². The molecule has 0 radical (unpaired) electrons. The lowest BCUT2D eigenvalue weighted by atomic mass is 10.2. The molecule has 1 aliphatic carbocycles. The van der Waals surface area contributed by atoms with E-state index in [4.69, 9.17) is 4.52 Å². The van der Waals surface area contributed by atoms with Gasteiger partial charge in [0.1, 0.15) is 6.54 Å². The Balaban J connectivity index is 1.57. The number of rotatable bonds is 3. The molecular formula is C20H18N4O3S. The van der Waals surface area contributed by atoms with Crippen LogP contribution in [-0.4, -0.2) is 22.2 Å². The van der Waals surface area contributed by atoms with Gasteiger partial charge in [-0.2, -0.15) is 0 Å². The maximum atomic E-state index is 13.7. The van der Waals surface area contributed by atoms with Crippen molar-refractivity contribution >= 4 is 29.2 Å². The topological polar surface area (TPSA) is 76.5 Å². The van der Waals surface area contributed by atoms with Crippen LogP contribution in [0.3, 0.4) is 0 Å². The van der Waals surface area contributed by atoms with Crippen molar-refractivity contribution in [1.29, 1.82) is 0 Å². The van der Waals surface area contributed by atoms with Gasteiger partial charge in [-0.15, -0.1) is 0 Å². The number of amides is 2. The number of fused-ring (bicyclic) bond motifs is 2. The van der Waals surface area contributed by atoms with E-state index < -0.39 is 5.95 Å². The first-order valence-electron chi connectivity index (χ1n) is 9.12. The van der Waals surface area contributed by atoms with Gasteiger partial charge < -0.3 is 14.5 Å². The molecule has 8 heteroatoms. The van der Waals surface area contributed by atoms with Crippen molar-refractivity contribution < 1.29 is 19.1 Å². The predicted molar refractivity (Wildman–Crippen MR) is 100 cm³/mol. The molecule has 2 heterocycles. The van der Waals surface area contributed by atoms with E-state index in [9.17, 15) is 9.90 Å². The molecule has 28 heavy (non-hydrogen) atoms. The lowest BCUT2D eigenvalue weighted by molar-refractivity contribution is -0.746. The average Bonchev–Trinajstić information content (AvgIpc) is 3.50. The summed E-state index contributed by atoms with van der Waals surface area (Å²) in [5, 5.41) is 15.7. The number of aromatic nitrogens is 2. The van der Waals surface area contributed by atoms with E-state index in [-0.39, 0.29) is 18.6 Å². The highest BCUT2D eigenvalue weighted by atomic mass is 32.2. The third kappa shape index (κ3) is 2.80. The second-order valence-electron chi connectivity index (χ2n) is 6.95. The summed E-state index contributed by atoms with van der Waals surface area (Å²) in [7, 11) is 1.65. The minimum atomic E-state index is -0.504. The van der Waals surface area contributed by atoms with Crippen molar-refractivity contribution in [2.45, 2.75) is 35.2 Å². The van der Waals surface area contributed by atoms with Crippen LogP contribution >= 0.6 is 11.8 Å². The summed E-state index contributed by atoms with van der Waals surface area (Å²) in [5.74, 6) is -0.504. The molecule has 1 fully saturated rings. The molecule has 0 spiro atoms. The van der Waals surface area contributed by atoms with Crippen LogP contribution in [0.25, 0.3) is 0 Å². The molecule has 0 unspecified atom stereocenters. The highest BCUT2D eigenvalue weighted by Crippen LogP contribution is 2.48. The highest BCUT2D eigenvalue weighted by Gasteiger charge is 2.40. The summed E-state index contributed by atoms with van der Waals surface area (Å²) in [6.45, 7) is 0.177. The van der Waals surface area contributed by atoms with E-state index >= 15 is 0 Å². The minimum Gasteiger partial charge on any atom is -0.539 e. The van der Waals surface area contributed by atoms with Gasteiger partial charge in [-0.25, -0.2) is 4.79 Å². The fourth-order valence-corrected chi connectivity index (χ4v) is 4.50. The Hall–Kier alpha value is -3.00. The van der Waals surface area contributed by atoms with Gasteiger partial charge in [0.25, 0.3) is 5.69 Å². The van der Waals surface area contributed by atoms with Crippen molar-refractivity contribution in [2.24, 2.45) is 7.05 Å². The van der Waals surface area contributed by atoms with Gasteiger partial charge in [-0.3, -0.25) is 4.90 Å². The molecule has 0 bridgehead atoms. The molecule has 5 rings (SSSR count). The second kappa shape index (κ2) is 6.56. The van der Waals surface area contributed by atoms with Crippen LogP contribution in [0.5, 0.6) is 5.95 Å². The van der Waals surface area contributed by atoms with Crippen LogP contribution in [0.4, 0.5) is 16.2 Å². The first kappa shape index (κ1) is 17.1. The predicted octanol–water partition coefficient (Wildman–Crippen LogP) is 2.96. The Morgan fingerprint density at radius 2 is 1.82 bits per heavy atom. The normalized spacial score (nSPS) is 15.1. The summed E-state index contributed by atoms with van der Waals surface area (Å²) in [4.78, 5) is 19.3. The van der Waals surface area contributed by atoms with E-state index in [1.165, 1.54) is 4.68 Å². The Labute approximate surface area is 166 Å². The van der Waals surface area contributed by atoms with Gasteiger partial charge in [0.05, 0.1) is 16.6 Å². The number of urea groups is 1. The molecule has 2 amide bonds. The van der Waals surface area contributed by atoms with Crippen LogP contribution in [-0.2, 0) is 13.6 Å². The van der Waals surface area contributed by atoms with Crippen LogP contribution < -0.4 is 14.7 Å². The molecule has 0 atom stereocenters. The maximum absolute atomic E-state index is 13.7. The molecule has 142 valence electrons. The van der Waals surface area contributed by atoms with Crippen molar-refractivity contribution in [2.75, 3.05) is 4.90 Å². The summed E-state index contributed by atoms with van der Waals surface area (Å²) in [5.41, 5.74) is 2.09. The fraction of sp³-hybridized carbons (Fsp3) is 0.250. The Kier molecular flexibility index (Phi) is 4.01. The minimum absolute atomic E-state index is 0.121. The molecule has 0 N–H and O–H groups in total. The zero-order chi connectivity index (χ0) is 19.3. The van der Waals surface area contributed by atoms with Gasteiger partial charge in [0, 0.05) is 15.8 Å². The van der Waals surface area contributed by atoms with Crippen LogP contribution in [0.15, 0.2) is 62.8 Å². The van der Waals surface area contributed by atoms with E-state index in [1.54, 1.807) is 28.6 Å². The Morgan fingerprint density at radius 3 is 2.36 bits per heavy atom. The summed E-state index contributed by atoms with van der Waals surface area (Å²) in [6.07, 6.45) is 1.86. The van der Waals surface area contributed by atoms with Gasteiger partial charge in [-0.1, -0.05) is 40.7 Å². The van der Waals surface area contributed by atoms with Gasteiger partial charge >= 0.3 is 6.03 Å². The highest BCUT2D eigenvalue weighted by molar-refractivity contribution is 7.99. The lowest BCUT2D eigenvalue weighted by Crippen LogP contribution is -2.46. The van der Waals surface area contributed by atoms with Crippen molar-refractivity contribution in [3.05, 3.63) is 54.2 Å². The zero-order valence-corrected chi connectivity index (χ0v) is 16.1. The maximum Gasteiger partial charge on any atom is 0.329 e. The number of nitrogens with zero attached hydrogens (tertiary/aromatic N) is 4. The number of para-hydroxylation sites is 2. The first-order valence-corrected chi connectivity index (χ1v) is 9.93. The molecule has 7 nitrogen and oxygen atoms in total. The average molecular weight is 394 g/mol. The first-order chi connectivity index (χ1) is 13.6. The van der Waals surface area contributed by atoms with E-state index in [2.05, 4.69) is 5.27 Å². The summed E-state index contributed by atoms with van der Waals surface area (Å²) >= 11 is 1.66. The fourth-order valence-electron chi connectivity index (χ4n) is 3.44. The van der Waals surface area contributed by atoms with E-state index in [0.29, 0.717) is 5.69 Å². The smallest absolute Gasteiger partial charge is 0.329 e. The number of benzene rings is 2. The quantitative estimate of drug-likeness (QED) is 0.639. The second-order valence-corrected chi connectivity index (χ2v) is 8.03. The molecule has 2 aromatic carbocycles. The van der Waals surface area contributed by atoms with Gasteiger partial charge in [0.2, 0.25) is 0 Å². The molecule has 0 saturated heterocycles. The molecule has 2 aliphatic rings. The van der Waals surface area contributed by atoms with Crippen molar-refractivity contribution in [1.82, 2.24) is 10.2 Å². The number of hydrogen-bond donors (Lipinski definition) is 0. The molecular weight excluding hydrogens is 376 g/mol. The van der Waals surface area contributed by atoms with Crippen molar-refractivity contribution in [3.8, 4) is 5.95 Å². The number of carbonyl (C=O) groups is 1. The Bertz CT molecular complexity index is 998.